The maximum Gasteiger partial charge on any atom is 0.0233 e. The SMILES string of the molecule is CC(C)NCCc1ccc(CN2CCC(C(C)C)C2)cc1. The molecule has 1 saturated heterocycles. The molecule has 0 aliphatic carbocycles. The molecule has 0 saturated carbocycles. The molecule has 2 nitrogen and oxygen atoms in total. The van der Waals surface area contributed by atoms with Gasteiger partial charge in [-0.15, -0.1) is 0 Å². The van der Waals surface area contributed by atoms with Crippen molar-refractivity contribution in [1.82, 2.24) is 10.2 Å². The third-order valence-electron chi connectivity index (χ3n) is 4.65. The van der Waals surface area contributed by atoms with E-state index in [2.05, 4.69) is 62.2 Å². The summed E-state index contributed by atoms with van der Waals surface area (Å²) >= 11 is 0. The van der Waals surface area contributed by atoms with Gasteiger partial charge in [0.1, 0.15) is 0 Å². The molecule has 21 heavy (non-hydrogen) atoms. The predicted octanol–water partition coefficient (Wildman–Crippen LogP) is 3.71. The summed E-state index contributed by atoms with van der Waals surface area (Å²) in [4.78, 5) is 2.61. The molecule has 0 aromatic heterocycles. The molecule has 1 N–H and O–H groups in total. The summed E-state index contributed by atoms with van der Waals surface area (Å²) in [5, 5.41) is 3.47. The predicted molar refractivity (Wildman–Crippen MR) is 91.5 cm³/mol. The highest BCUT2D eigenvalue weighted by atomic mass is 15.1. The zero-order valence-corrected chi connectivity index (χ0v) is 14.2. The van der Waals surface area contributed by atoms with Crippen LogP contribution in [0.4, 0.5) is 0 Å². The molecule has 0 amide bonds. The minimum atomic E-state index is 0.577. The van der Waals surface area contributed by atoms with Gasteiger partial charge in [0.2, 0.25) is 0 Å². The van der Waals surface area contributed by atoms with E-state index < -0.39 is 0 Å². The summed E-state index contributed by atoms with van der Waals surface area (Å²) in [5.41, 5.74) is 2.90. The Kier molecular flexibility index (Phi) is 6.25. The van der Waals surface area contributed by atoms with E-state index in [9.17, 15) is 0 Å². The van der Waals surface area contributed by atoms with Crippen LogP contribution in [0.1, 0.15) is 45.2 Å². The third-order valence-corrected chi connectivity index (χ3v) is 4.65. The molecule has 118 valence electrons. The van der Waals surface area contributed by atoms with Crippen LogP contribution in [0.15, 0.2) is 24.3 Å². The molecule has 1 atom stereocenters. The maximum atomic E-state index is 3.47. The van der Waals surface area contributed by atoms with E-state index in [0.717, 1.165) is 31.3 Å². The summed E-state index contributed by atoms with van der Waals surface area (Å²) in [6.45, 7) is 13.8. The Balaban J connectivity index is 1.77. The van der Waals surface area contributed by atoms with Gasteiger partial charge in [0.05, 0.1) is 0 Å². The van der Waals surface area contributed by atoms with Gasteiger partial charge < -0.3 is 5.32 Å². The highest BCUT2D eigenvalue weighted by Crippen LogP contribution is 2.24. The van der Waals surface area contributed by atoms with Crippen molar-refractivity contribution in [2.75, 3.05) is 19.6 Å². The fourth-order valence-corrected chi connectivity index (χ4v) is 3.13. The van der Waals surface area contributed by atoms with Crippen LogP contribution in [-0.4, -0.2) is 30.6 Å². The van der Waals surface area contributed by atoms with Crippen LogP contribution in [0, 0.1) is 11.8 Å². The lowest BCUT2D eigenvalue weighted by Gasteiger charge is -2.18. The molecule has 2 heteroatoms. The molecule has 0 radical (unpaired) electrons. The van der Waals surface area contributed by atoms with Crippen molar-refractivity contribution in [2.45, 2.75) is 53.1 Å². The molecular formula is C19H32N2. The van der Waals surface area contributed by atoms with Gasteiger partial charge >= 0.3 is 0 Å². The molecule has 2 rings (SSSR count). The van der Waals surface area contributed by atoms with Crippen LogP contribution >= 0.6 is 0 Å². The second-order valence-corrected chi connectivity index (χ2v) is 7.20. The molecule has 0 bridgehead atoms. The van der Waals surface area contributed by atoms with Crippen molar-refractivity contribution in [3.8, 4) is 0 Å². The Morgan fingerprint density at radius 1 is 1.10 bits per heavy atom. The maximum absolute atomic E-state index is 3.47. The smallest absolute Gasteiger partial charge is 0.0233 e. The highest BCUT2D eigenvalue weighted by Gasteiger charge is 2.24. The van der Waals surface area contributed by atoms with Crippen LogP contribution in [-0.2, 0) is 13.0 Å². The molecule has 1 aliphatic rings. The van der Waals surface area contributed by atoms with Gasteiger partial charge in [-0.05, 0) is 48.9 Å². The molecule has 1 aromatic rings. The van der Waals surface area contributed by atoms with Gasteiger partial charge in [-0.2, -0.15) is 0 Å². The van der Waals surface area contributed by atoms with Crippen molar-refractivity contribution in [3.05, 3.63) is 35.4 Å². The molecule has 1 heterocycles. The van der Waals surface area contributed by atoms with Crippen LogP contribution in [0.5, 0.6) is 0 Å². The summed E-state index contributed by atoms with van der Waals surface area (Å²) in [5.74, 6) is 1.72. The summed E-state index contributed by atoms with van der Waals surface area (Å²) in [6.07, 6.45) is 2.49. The lowest BCUT2D eigenvalue weighted by molar-refractivity contribution is 0.297. The molecule has 0 spiro atoms. The quantitative estimate of drug-likeness (QED) is 0.823. The van der Waals surface area contributed by atoms with Crippen molar-refractivity contribution in [3.63, 3.8) is 0 Å². The van der Waals surface area contributed by atoms with Gasteiger partial charge in [0.15, 0.2) is 0 Å². The Labute approximate surface area is 130 Å². The first kappa shape index (κ1) is 16.5. The van der Waals surface area contributed by atoms with E-state index in [1.165, 1.54) is 30.6 Å². The standard InChI is InChI=1S/C19H32N2/c1-15(2)19-10-12-21(14-19)13-18-7-5-17(6-8-18)9-11-20-16(3)4/h5-8,15-16,19-20H,9-14H2,1-4H3. The largest absolute Gasteiger partial charge is 0.314 e. The lowest BCUT2D eigenvalue weighted by Crippen LogP contribution is -2.25. The second kappa shape index (κ2) is 7.95. The molecule has 1 fully saturated rings. The second-order valence-electron chi connectivity index (χ2n) is 7.20. The van der Waals surface area contributed by atoms with Crippen molar-refractivity contribution < 1.29 is 0 Å². The topological polar surface area (TPSA) is 15.3 Å². The van der Waals surface area contributed by atoms with E-state index in [-0.39, 0.29) is 0 Å². The number of benzene rings is 1. The average Bonchev–Trinajstić information content (AvgIpc) is 2.89. The fraction of sp³-hybridized carbons (Fsp3) is 0.684. The van der Waals surface area contributed by atoms with Gasteiger partial charge in [-0.3, -0.25) is 4.90 Å². The number of hydrogen-bond donors (Lipinski definition) is 1. The number of rotatable bonds is 7. The summed E-state index contributed by atoms with van der Waals surface area (Å²) < 4.78 is 0. The van der Waals surface area contributed by atoms with Gasteiger partial charge in [-0.25, -0.2) is 0 Å². The zero-order chi connectivity index (χ0) is 15.2. The Morgan fingerprint density at radius 2 is 1.76 bits per heavy atom. The highest BCUT2D eigenvalue weighted by molar-refractivity contribution is 5.22. The Hall–Kier alpha value is -0.860. The van der Waals surface area contributed by atoms with Crippen LogP contribution < -0.4 is 5.32 Å². The molecule has 1 unspecified atom stereocenters. The normalized spacial score (nSPS) is 19.8. The molecule has 1 aromatic carbocycles. The first-order valence-electron chi connectivity index (χ1n) is 8.58. The van der Waals surface area contributed by atoms with Crippen molar-refractivity contribution in [1.29, 1.82) is 0 Å². The van der Waals surface area contributed by atoms with E-state index >= 15 is 0 Å². The molecular weight excluding hydrogens is 256 g/mol. The monoisotopic (exact) mass is 288 g/mol. The zero-order valence-electron chi connectivity index (χ0n) is 14.2. The van der Waals surface area contributed by atoms with Gasteiger partial charge in [0.25, 0.3) is 0 Å². The lowest BCUT2D eigenvalue weighted by atomic mass is 9.95. The van der Waals surface area contributed by atoms with Crippen LogP contribution in [0.2, 0.25) is 0 Å². The van der Waals surface area contributed by atoms with E-state index in [1.54, 1.807) is 0 Å². The number of nitrogens with one attached hydrogen (secondary N) is 1. The first-order valence-corrected chi connectivity index (χ1v) is 8.58. The Morgan fingerprint density at radius 3 is 2.33 bits per heavy atom. The number of likely N-dealkylation sites (tertiary alicyclic amines) is 1. The van der Waals surface area contributed by atoms with E-state index in [4.69, 9.17) is 0 Å². The van der Waals surface area contributed by atoms with Crippen molar-refractivity contribution in [2.24, 2.45) is 11.8 Å². The van der Waals surface area contributed by atoms with E-state index in [0.29, 0.717) is 6.04 Å². The summed E-state index contributed by atoms with van der Waals surface area (Å²) in [7, 11) is 0. The average molecular weight is 288 g/mol. The van der Waals surface area contributed by atoms with Crippen molar-refractivity contribution >= 4 is 0 Å². The van der Waals surface area contributed by atoms with Crippen LogP contribution in [0.3, 0.4) is 0 Å². The summed E-state index contributed by atoms with van der Waals surface area (Å²) in [6, 6.07) is 9.80. The third kappa shape index (κ3) is 5.44. The number of nitrogens with zero attached hydrogens (tertiary/aromatic N) is 1. The van der Waals surface area contributed by atoms with E-state index in [1.807, 2.05) is 0 Å². The Bertz CT molecular complexity index is 408. The number of hydrogen-bond acceptors (Lipinski definition) is 2. The fourth-order valence-electron chi connectivity index (χ4n) is 3.13. The first-order chi connectivity index (χ1) is 10.0. The van der Waals surface area contributed by atoms with Gasteiger partial charge in [-0.1, -0.05) is 52.0 Å². The minimum absolute atomic E-state index is 0.577. The van der Waals surface area contributed by atoms with Gasteiger partial charge in [0, 0.05) is 19.1 Å². The van der Waals surface area contributed by atoms with Crippen LogP contribution in [0.25, 0.3) is 0 Å². The molecule has 1 aliphatic heterocycles. The minimum Gasteiger partial charge on any atom is -0.314 e.